The minimum atomic E-state index is -0.795. The number of rotatable bonds is 3. The summed E-state index contributed by atoms with van der Waals surface area (Å²) < 4.78 is 10.7. The number of hydrogen-bond donors (Lipinski definition) is 2. The lowest BCUT2D eigenvalue weighted by Crippen LogP contribution is -2.42. The van der Waals surface area contributed by atoms with Gasteiger partial charge in [0.2, 0.25) is 0 Å². The lowest BCUT2D eigenvalue weighted by Gasteiger charge is -2.30. The molecule has 1 saturated heterocycles. The minimum Gasteiger partial charge on any atom is -0.390 e. The van der Waals surface area contributed by atoms with Gasteiger partial charge in [0.1, 0.15) is 6.10 Å². The van der Waals surface area contributed by atoms with Crippen molar-refractivity contribution >= 4 is 0 Å². The zero-order valence-corrected chi connectivity index (χ0v) is 8.95. The number of ether oxygens (including phenoxy) is 2. The van der Waals surface area contributed by atoms with E-state index in [1.165, 1.54) is 0 Å². The molecule has 0 saturated carbocycles. The van der Waals surface area contributed by atoms with E-state index in [1.54, 1.807) is 0 Å². The first-order valence-electron chi connectivity index (χ1n) is 5.39. The lowest BCUT2D eigenvalue weighted by atomic mass is 10.1. The molecule has 1 aliphatic heterocycles. The molecule has 1 aromatic rings. The van der Waals surface area contributed by atoms with Crippen molar-refractivity contribution in [3.05, 3.63) is 35.9 Å². The number of hydrogen-bond acceptors (Lipinski definition) is 4. The van der Waals surface area contributed by atoms with Crippen molar-refractivity contribution in [1.82, 2.24) is 0 Å². The molecule has 0 unspecified atom stereocenters. The molecular weight excluding hydrogens is 208 g/mol. The SMILES string of the molecule is O[C@@H]1CO[C@H](OCc2ccccc2)C[C@@H]1O. The van der Waals surface area contributed by atoms with Crippen molar-refractivity contribution in [2.75, 3.05) is 6.61 Å². The fraction of sp³-hybridized carbons (Fsp3) is 0.500. The van der Waals surface area contributed by atoms with Crippen LogP contribution in [0.4, 0.5) is 0 Å². The first-order chi connectivity index (χ1) is 7.75. The second-order valence-corrected chi connectivity index (χ2v) is 3.93. The number of aliphatic hydroxyl groups is 2. The highest BCUT2D eigenvalue weighted by Gasteiger charge is 2.28. The van der Waals surface area contributed by atoms with Crippen LogP contribution in [0.25, 0.3) is 0 Å². The van der Waals surface area contributed by atoms with Gasteiger partial charge in [0.05, 0.1) is 19.3 Å². The van der Waals surface area contributed by atoms with E-state index in [1.807, 2.05) is 30.3 Å². The first-order valence-corrected chi connectivity index (χ1v) is 5.39. The number of aliphatic hydroxyl groups excluding tert-OH is 2. The Bertz CT molecular complexity index is 314. The van der Waals surface area contributed by atoms with E-state index in [2.05, 4.69) is 0 Å². The topological polar surface area (TPSA) is 58.9 Å². The summed E-state index contributed by atoms with van der Waals surface area (Å²) >= 11 is 0. The van der Waals surface area contributed by atoms with Gasteiger partial charge in [0, 0.05) is 6.42 Å². The molecule has 1 aliphatic rings. The highest BCUT2D eigenvalue weighted by Crippen LogP contribution is 2.16. The van der Waals surface area contributed by atoms with E-state index in [0.29, 0.717) is 13.0 Å². The molecular formula is C12H16O4. The molecule has 1 aromatic carbocycles. The molecule has 1 heterocycles. The molecule has 4 nitrogen and oxygen atoms in total. The summed E-state index contributed by atoms with van der Waals surface area (Å²) in [4.78, 5) is 0. The van der Waals surface area contributed by atoms with Crippen LogP contribution in [0.3, 0.4) is 0 Å². The normalized spacial score (nSPS) is 30.2. The van der Waals surface area contributed by atoms with E-state index < -0.39 is 18.5 Å². The Balaban J connectivity index is 1.79. The van der Waals surface area contributed by atoms with Gasteiger partial charge in [-0.2, -0.15) is 0 Å². The predicted octanol–water partition coefficient (Wildman–Crippen LogP) is 0.671. The molecule has 0 bridgehead atoms. The summed E-state index contributed by atoms with van der Waals surface area (Å²) in [5.41, 5.74) is 1.06. The Kier molecular flexibility index (Phi) is 3.90. The molecule has 4 heteroatoms. The van der Waals surface area contributed by atoms with Crippen molar-refractivity contribution in [2.24, 2.45) is 0 Å². The van der Waals surface area contributed by atoms with Crippen LogP contribution in [-0.4, -0.2) is 35.3 Å². The third-order valence-electron chi connectivity index (χ3n) is 2.61. The largest absolute Gasteiger partial charge is 0.390 e. The maximum Gasteiger partial charge on any atom is 0.160 e. The summed E-state index contributed by atoms with van der Waals surface area (Å²) in [7, 11) is 0. The van der Waals surface area contributed by atoms with Gasteiger partial charge in [-0.1, -0.05) is 30.3 Å². The van der Waals surface area contributed by atoms with E-state index >= 15 is 0 Å². The van der Waals surface area contributed by atoms with Gasteiger partial charge in [-0.25, -0.2) is 0 Å². The van der Waals surface area contributed by atoms with Crippen LogP contribution in [0.2, 0.25) is 0 Å². The van der Waals surface area contributed by atoms with Crippen molar-refractivity contribution in [3.8, 4) is 0 Å². The molecule has 3 atom stereocenters. The van der Waals surface area contributed by atoms with Crippen LogP contribution in [0.5, 0.6) is 0 Å². The zero-order chi connectivity index (χ0) is 11.4. The molecule has 0 spiro atoms. The Morgan fingerprint density at radius 2 is 1.94 bits per heavy atom. The minimum absolute atomic E-state index is 0.126. The van der Waals surface area contributed by atoms with E-state index in [-0.39, 0.29) is 6.61 Å². The molecule has 0 radical (unpaired) electrons. The van der Waals surface area contributed by atoms with Crippen molar-refractivity contribution < 1.29 is 19.7 Å². The van der Waals surface area contributed by atoms with Crippen molar-refractivity contribution in [3.63, 3.8) is 0 Å². The third-order valence-corrected chi connectivity index (χ3v) is 2.61. The average molecular weight is 224 g/mol. The summed E-state index contributed by atoms with van der Waals surface area (Å²) in [5.74, 6) is 0. The van der Waals surface area contributed by atoms with Crippen LogP contribution in [0, 0.1) is 0 Å². The molecule has 0 amide bonds. The van der Waals surface area contributed by atoms with E-state index in [0.717, 1.165) is 5.56 Å². The standard InChI is InChI=1S/C12H16O4/c13-10-6-12(16-8-11(10)14)15-7-9-4-2-1-3-5-9/h1-5,10-14H,6-8H2/t10-,11+,12-/m0/s1. The molecule has 0 aromatic heterocycles. The molecule has 16 heavy (non-hydrogen) atoms. The van der Waals surface area contributed by atoms with Gasteiger partial charge < -0.3 is 19.7 Å². The highest BCUT2D eigenvalue weighted by molar-refractivity contribution is 5.13. The zero-order valence-electron chi connectivity index (χ0n) is 8.95. The molecule has 2 rings (SSSR count). The van der Waals surface area contributed by atoms with Crippen LogP contribution in [0.1, 0.15) is 12.0 Å². The van der Waals surface area contributed by atoms with Gasteiger partial charge in [-0.05, 0) is 5.56 Å². The second kappa shape index (κ2) is 5.41. The molecule has 0 aliphatic carbocycles. The van der Waals surface area contributed by atoms with E-state index in [4.69, 9.17) is 9.47 Å². The maximum absolute atomic E-state index is 9.44. The van der Waals surface area contributed by atoms with Crippen LogP contribution in [-0.2, 0) is 16.1 Å². The van der Waals surface area contributed by atoms with Gasteiger partial charge in [0.15, 0.2) is 6.29 Å². The third kappa shape index (κ3) is 3.02. The van der Waals surface area contributed by atoms with Gasteiger partial charge >= 0.3 is 0 Å². The smallest absolute Gasteiger partial charge is 0.160 e. The monoisotopic (exact) mass is 224 g/mol. The summed E-state index contributed by atoms with van der Waals surface area (Å²) in [6.45, 7) is 0.578. The molecule has 2 N–H and O–H groups in total. The highest BCUT2D eigenvalue weighted by atomic mass is 16.7. The summed E-state index contributed by atoms with van der Waals surface area (Å²) in [6.07, 6.45) is -1.67. The van der Waals surface area contributed by atoms with Gasteiger partial charge in [-0.15, -0.1) is 0 Å². The van der Waals surface area contributed by atoms with Crippen molar-refractivity contribution in [1.29, 1.82) is 0 Å². The Labute approximate surface area is 94.4 Å². The average Bonchev–Trinajstić information content (AvgIpc) is 2.32. The van der Waals surface area contributed by atoms with Gasteiger partial charge in [0.25, 0.3) is 0 Å². The fourth-order valence-corrected chi connectivity index (χ4v) is 1.62. The van der Waals surface area contributed by atoms with Crippen LogP contribution in [0.15, 0.2) is 30.3 Å². The predicted molar refractivity (Wildman–Crippen MR) is 57.6 cm³/mol. The van der Waals surface area contributed by atoms with Crippen LogP contribution < -0.4 is 0 Å². The Morgan fingerprint density at radius 3 is 2.62 bits per heavy atom. The number of benzene rings is 1. The molecule has 88 valence electrons. The summed E-state index contributed by atoms with van der Waals surface area (Å²) in [5, 5.41) is 18.7. The van der Waals surface area contributed by atoms with E-state index in [9.17, 15) is 10.2 Å². The Hall–Kier alpha value is -0.940. The quantitative estimate of drug-likeness (QED) is 0.792. The Morgan fingerprint density at radius 1 is 1.19 bits per heavy atom. The van der Waals surface area contributed by atoms with Gasteiger partial charge in [-0.3, -0.25) is 0 Å². The molecule has 1 fully saturated rings. The maximum atomic E-state index is 9.44. The van der Waals surface area contributed by atoms with Crippen LogP contribution >= 0.6 is 0 Å². The first kappa shape index (κ1) is 11.5. The second-order valence-electron chi connectivity index (χ2n) is 3.93. The summed E-state index contributed by atoms with van der Waals surface area (Å²) in [6, 6.07) is 9.76. The lowest BCUT2D eigenvalue weighted by molar-refractivity contribution is -0.221. The van der Waals surface area contributed by atoms with Crippen molar-refractivity contribution in [2.45, 2.75) is 31.5 Å². The fourth-order valence-electron chi connectivity index (χ4n) is 1.62.